The lowest BCUT2D eigenvalue weighted by atomic mass is 9.93. The van der Waals surface area contributed by atoms with Gasteiger partial charge in [0.15, 0.2) is 5.82 Å². The van der Waals surface area contributed by atoms with Crippen molar-refractivity contribution in [3.05, 3.63) is 12.4 Å². The highest BCUT2D eigenvalue weighted by Gasteiger charge is 2.34. The average molecular weight is 374 g/mol. The maximum absolute atomic E-state index is 12.8. The standard InChI is InChI=1S/C20H31N5O2/c1-27-19-18(21-8-9-22-19)23-13-6-17(7-14-23)25-12-4-5-16(15-25)20(26)24-10-2-3-11-24/h8-9,16-17H,2-7,10-15H2,1H3/t16-/m1/s1. The maximum atomic E-state index is 12.8. The Labute approximate surface area is 161 Å². The van der Waals surface area contributed by atoms with Crippen molar-refractivity contribution in [1.29, 1.82) is 0 Å². The number of amides is 1. The van der Waals surface area contributed by atoms with E-state index in [4.69, 9.17) is 4.74 Å². The van der Waals surface area contributed by atoms with Crippen LogP contribution >= 0.6 is 0 Å². The number of aromatic nitrogens is 2. The Morgan fingerprint density at radius 3 is 2.48 bits per heavy atom. The molecule has 0 spiro atoms. The van der Waals surface area contributed by atoms with Crippen LogP contribution in [0.2, 0.25) is 0 Å². The molecule has 3 fully saturated rings. The third kappa shape index (κ3) is 4.03. The minimum atomic E-state index is 0.204. The van der Waals surface area contributed by atoms with Crippen LogP contribution in [0, 0.1) is 5.92 Å². The van der Waals surface area contributed by atoms with E-state index in [-0.39, 0.29) is 5.92 Å². The minimum absolute atomic E-state index is 0.204. The van der Waals surface area contributed by atoms with Gasteiger partial charge in [-0.25, -0.2) is 9.97 Å². The molecule has 3 saturated heterocycles. The highest BCUT2D eigenvalue weighted by Crippen LogP contribution is 2.29. The van der Waals surface area contributed by atoms with Crippen molar-refractivity contribution in [1.82, 2.24) is 19.8 Å². The Morgan fingerprint density at radius 2 is 1.74 bits per heavy atom. The molecule has 7 heteroatoms. The summed E-state index contributed by atoms with van der Waals surface area (Å²) < 4.78 is 5.36. The van der Waals surface area contributed by atoms with E-state index in [0.29, 0.717) is 17.8 Å². The Kier molecular flexibility index (Phi) is 5.76. The van der Waals surface area contributed by atoms with Crippen molar-refractivity contribution in [3.63, 3.8) is 0 Å². The smallest absolute Gasteiger partial charge is 0.257 e. The number of ether oxygens (including phenoxy) is 1. The topological polar surface area (TPSA) is 61.8 Å². The van der Waals surface area contributed by atoms with Crippen molar-refractivity contribution in [2.75, 3.05) is 51.3 Å². The summed E-state index contributed by atoms with van der Waals surface area (Å²) in [6, 6.07) is 0.568. The van der Waals surface area contributed by atoms with Gasteiger partial charge in [-0.05, 0) is 45.1 Å². The first kappa shape index (κ1) is 18.5. The zero-order chi connectivity index (χ0) is 18.6. The fourth-order valence-corrected chi connectivity index (χ4v) is 4.86. The van der Waals surface area contributed by atoms with Gasteiger partial charge in [0.2, 0.25) is 5.91 Å². The first-order valence-corrected chi connectivity index (χ1v) is 10.4. The van der Waals surface area contributed by atoms with Crippen LogP contribution in [0.3, 0.4) is 0 Å². The number of carbonyl (C=O) groups is 1. The first-order valence-electron chi connectivity index (χ1n) is 10.4. The lowest BCUT2D eigenvalue weighted by Crippen LogP contribution is -2.51. The molecule has 0 unspecified atom stereocenters. The van der Waals surface area contributed by atoms with Gasteiger partial charge >= 0.3 is 0 Å². The van der Waals surface area contributed by atoms with Crippen molar-refractivity contribution in [3.8, 4) is 5.88 Å². The normalized spacial score (nSPS) is 25.0. The predicted octanol–water partition coefficient (Wildman–Crippen LogP) is 1.79. The minimum Gasteiger partial charge on any atom is -0.478 e. The van der Waals surface area contributed by atoms with Gasteiger partial charge in [-0.1, -0.05) is 0 Å². The van der Waals surface area contributed by atoms with E-state index < -0.39 is 0 Å². The van der Waals surface area contributed by atoms with Crippen molar-refractivity contribution < 1.29 is 9.53 Å². The fraction of sp³-hybridized carbons (Fsp3) is 0.750. The SMILES string of the molecule is COc1nccnc1N1CCC(N2CCC[C@@H](C(=O)N3CCCC3)C2)CC1. The van der Waals surface area contributed by atoms with Crippen LogP contribution in [0.1, 0.15) is 38.5 Å². The number of carbonyl (C=O) groups excluding carboxylic acids is 1. The van der Waals surface area contributed by atoms with E-state index in [1.54, 1.807) is 19.5 Å². The van der Waals surface area contributed by atoms with Gasteiger partial charge < -0.3 is 14.5 Å². The number of methoxy groups -OCH3 is 1. The van der Waals surface area contributed by atoms with Gasteiger partial charge in [-0.2, -0.15) is 0 Å². The van der Waals surface area contributed by atoms with E-state index in [0.717, 1.165) is 70.8 Å². The molecule has 0 aromatic carbocycles. The Hall–Kier alpha value is -1.89. The van der Waals surface area contributed by atoms with Gasteiger partial charge in [0.1, 0.15) is 0 Å². The summed E-state index contributed by atoms with van der Waals surface area (Å²) in [6.07, 6.45) is 10.1. The predicted molar refractivity (Wildman–Crippen MR) is 104 cm³/mol. The fourth-order valence-electron chi connectivity index (χ4n) is 4.86. The quantitative estimate of drug-likeness (QED) is 0.802. The number of hydrogen-bond donors (Lipinski definition) is 0. The third-order valence-corrected chi connectivity index (χ3v) is 6.34. The second-order valence-corrected chi connectivity index (χ2v) is 7.97. The molecule has 1 aromatic rings. The van der Waals surface area contributed by atoms with Crippen LogP contribution in [0.25, 0.3) is 0 Å². The Balaban J connectivity index is 1.33. The number of likely N-dealkylation sites (tertiary alicyclic amines) is 2. The van der Waals surface area contributed by atoms with Gasteiger partial charge in [-0.15, -0.1) is 0 Å². The van der Waals surface area contributed by atoms with Crippen LogP contribution < -0.4 is 9.64 Å². The number of piperidine rings is 2. The lowest BCUT2D eigenvalue weighted by molar-refractivity contribution is -0.136. The molecule has 3 aliphatic rings. The van der Waals surface area contributed by atoms with Gasteiger partial charge in [-0.3, -0.25) is 9.69 Å². The van der Waals surface area contributed by atoms with E-state index in [1.165, 1.54) is 12.8 Å². The van der Waals surface area contributed by atoms with Crippen molar-refractivity contribution in [2.45, 2.75) is 44.6 Å². The molecule has 0 N–H and O–H groups in total. The molecule has 0 aliphatic carbocycles. The number of hydrogen-bond acceptors (Lipinski definition) is 6. The van der Waals surface area contributed by atoms with Gasteiger partial charge in [0, 0.05) is 51.2 Å². The molecule has 0 bridgehead atoms. The molecule has 4 heterocycles. The highest BCUT2D eigenvalue weighted by atomic mass is 16.5. The van der Waals surface area contributed by atoms with E-state index in [9.17, 15) is 4.79 Å². The summed E-state index contributed by atoms with van der Waals surface area (Å²) in [5.41, 5.74) is 0. The van der Waals surface area contributed by atoms with Crippen molar-refractivity contribution >= 4 is 11.7 Å². The van der Waals surface area contributed by atoms with E-state index in [1.807, 2.05) is 0 Å². The Bertz CT molecular complexity index is 641. The second-order valence-electron chi connectivity index (χ2n) is 7.97. The molecular formula is C20H31N5O2. The lowest BCUT2D eigenvalue weighted by Gasteiger charge is -2.42. The van der Waals surface area contributed by atoms with Crippen LogP contribution in [-0.4, -0.2) is 78.1 Å². The van der Waals surface area contributed by atoms with E-state index >= 15 is 0 Å². The zero-order valence-electron chi connectivity index (χ0n) is 16.3. The summed E-state index contributed by atoms with van der Waals surface area (Å²) in [5.74, 6) is 2.05. The molecule has 4 rings (SSSR count). The molecule has 0 saturated carbocycles. The highest BCUT2D eigenvalue weighted by molar-refractivity contribution is 5.79. The molecule has 3 aliphatic heterocycles. The summed E-state index contributed by atoms with van der Waals surface area (Å²) >= 11 is 0. The first-order chi connectivity index (χ1) is 13.3. The van der Waals surface area contributed by atoms with Crippen LogP contribution in [0.15, 0.2) is 12.4 Å². The average Bonchev–Trinajstić information content (AvgIpc) is 3.28. The number of anilines is 1. The van der Waals surface area contributed by atoms with Gasteiger partial charge in [0.05, 0.1) is 13.0 Å². The second kappa shape index (κ2) is 8.42. The number of nitrogens with zero attached hydrogens (tertiary/aromatic N) is 5. The molecular weight excluding hydrogens is 342 g/mol. The summed E-state index contributed by atoms with van der Waals surface area (Å²) in [4.78, 5) is 28.5. The van der Waals surface area contributed by atoms with Crippen LogP contribution in [-0.2, 0) is 4.79 Å². The molecule has 1 atom stereocenters. The molecule has 27 heavy (non-hydrogen) atoms. The van der Waals surface area contributed by atoms with Gasteiger partial charge in [0.25, 0.3) is 5.88 Å². The molecule has 7 nitrogen and oxygen atoms in total. The zero-order valence-corrected chi connectivity index (χ0v) is 16.3. The van der Waals surface area contributed by atoms with E-state index in [2.05, 4.69) is 24.7 Å². The molecule has 0 radical (unpaired) electrons. The monoisotopic (exact) mass is 373 g/mol. The van der Waals surface area contributed by atoms with Crippen molar-refractivity contribution in [2.24, 2.45) is 5.92 Å². The number of rotatable bonds is 4. The van der Waals surface area contributed by atoms with Crippen LogP contribution in [0.5, 0.6) is 5.88 Å². The molecule has 148 valence electrons. The molecule has 1 aromatic heterocycles. The molecule has 1 amide bonds. The summed E-state index contributed by atoms with van der Waals surface area (Å²) in [6.45, 7) is 5.92. The Morgan fingerprint density at radius 1 is 1.00 bits per heavy atom. The summed E-state index contributed by atoms with van der Waals surface area (Å²) in [5, 5.41) is 0. The maximum Gasteiger partial charge on any atom is 0.257 e. The third-order valence-electron chi connectivity index (χ3n) is 6.34. The summed E-state index contributed by atoms with van der Waals surface area (Å²) in [7, 11) is 1.64. The largest absolute Gasteiger partial charge is 0.478 e. The van der Waals surface area contributed by atoms with Crippen LogP contribution in [0.4, 0.5) is 5.82 Å².